The van der Waals surface area contributed by atoms with Crippen molar-refractivity contribution in [1.82, 2.24) is 5.32 Å². The van der Waals surface area contributed by atoms with Crippen molar-refractivity contribution in [2.75, 3.05) is 24.7 Å². The van der Waals surface area contributed by atoms with Gasteiger partial charge in [-0.1, -0.05) is 11.6 Å². The van der Waals surface area contributed by atoms with E-state index in [4.69, 9.17) is 11.6 Å². The molecule has 2 rings (SSSR count). The Bertz CT molecular complexity index is 657. The van der Waals surface area contributed by atoms with Crippen molar-refractivity contribution in [1.29, 1.82) is 0 Å². The predicted octanol–water partition coefficient (Wildman–Crippen LogP) is 1.58. The molecule has 1 aliphatic rings. The van der Waals surface area contributed by atoms with Crippen LogP contribution in [0.5, 0.6) is 0 Å². The van der Waals surface area contributed by atoms with E-state index in [-0.39, 0.29) is 23.6 Å². The van der Waals surface area contributed by atoms with Crippen LogP contribution >= 0.6 is 11.6 Å². The number of carbonyl (C=O) groups is 1. The monoisotopic (exact) mass is 334 g/mol. The highest BCUT2D eigenvalue weighted by Gasteiger charge is 2.48. The minimum absolute atomic E-state index is 0.0623. The Hall–Kier alpha value is -1.18. The summed E-state index contributed by atoms with van der Waals surface area (Å²) in [4.78, 5) is 12.5. The molecule has 1 fully saturated rings. The standard InChI is InChI=1S/C13H16ClFN2O3S/c1-21(19,20)13(4-6-16-7-5-13)12(18)17-9-2-3-10(14)11(15)8-9/h2-3,8,16H,4-7H2,1H3,(H,17,18). The second kappa shape index (κ2) is 5.90. The van der Waals surface area contributed by atoms with Crippen molar-refractivity contribution in [2.45, 2.75) is 17.6 Å². The molecule has 0 radical (unpaired) electrons. The number of hydrogen-bond acceptors (Lipinski definition) is 4. The van der Waals surface area contributed by atoms with Gasteiger partial charge in [0.05, 0.1) is 5.02 Å². The molecule has 0 bridgehead atoms. The van der Waals surface area contributed by atoms with Gasteiger partial charge in [0.1, 0.15) is 5.82 Å². The molecular weight excluding hydrogens is 319 g/mol. The number of rotatable bonds is 3. The number of anilines is 1. The van der Waals surface area contributed by atoms with Crippen LogP contribution in [0.2, 0.25) is 5.02 Å². The highest BCUT2D eigenvalue weighted by molar-refractivity contribution is 7.92. The molecule has 1 saturated heterocycles. The van der Waals surface area contributed by atoms with Crippen LogP contribution in [-0.2, 0) is 14.6 Å². The zero-order chi connectivity index (χ0) is 15.7. The number of piperidine rings is 1. The molecule has 0 aliphatic carbocycles. The molecule has 1 amide bonds. The van der Waals surface area contributed by atoms with Crippen LogP contribution in [0.15, 0.2) is 18.2 Å². The number of amides is 1. The van der Waals surface area contributed by atoms with Crippen molar-refractivity contribution < 1.29 is 17.6 Å². The van der Waals surface area contributed by atoms with Gasteiger partial charge in [-0.2, -0.15) is 0 Å². The van der Waals surface area contributed by atoms with E-state index in [2.05, 4.69) is 10.6 Å². The van der Waals surface area contributed by atoms with Crippen LogP contribution in [-0.4, -0.2) is 38.4 Å². The number of nitrogens with one attached hydrogen (secondary N) is 2. The van der Waals surface area contributed by atoms with Gasteiger partial charge in [0.15, 0.2) is 14.6 Å². The largest absolute Gasteiger partial charge is 0.325 e. The lowest BCUT2D eigenvalue weighted by atomic mass is 9.95. The van der Waals surface area contributed by atoms with E-state index in [1.165, 1.54) is 12.1 Å². The number of halogens is 2. The summed E-state index contributed by atoms with van der Waals surface area (Å²) in [5.74, 6) is -1.30. The summed E-state index contributed by atoms with van der Waals surface area (Å²) >= 11 is 5.57. The van der Waals surface area contributed by atoms with Gasteiger partial charge in [-0.05, 0) is 44.1 Å². The maximum Gasteiger partial charge on any atom is 0.245 e. The molecule has 2 N–H and O–H groups in total. The molecule has 1 aromatic rings. The third-order valence-corrected chi connectivity index (χ3v) is 6.03. The summed E-state index contributed by atoms with van der Waals surface area (Å²) in [5.41, 5.74) is 0.184. The lowest BCUT2D eigenvalue weighted by Gasteiger charge is -2.34. The second-order valence-corrected chi connectivity index (χ2v) is 7.83. The normalized spacial score (nSPS) is 18.2. The Morgan fingerprint density at radius 3 is 2.52 bits per heavy atom. The number of hydrogen-bond donors (Lipinski definition) is 2. The third-order valence-electron chi connectivity index (χ3n) is 3.71. The Kier molecular flexibility index (Phi) is 4.55. The van der Waals surface area contributed by atoms with Gasteiger partial charge < -0.3 is 10.6 Å². The first-order chi connectivity index (χ1) is 9.76. The first kappa shape index (κ1) is 16.2. The van der Waals surface area contributed by atoms with E-state index < -0.39 is 26.3 Å². The van der Waals surface area contributed by atoms with Crippen LogP contribution in [0.3, 0.4) is 0 Å². The van der Waals surface area contributed by atoms with Crippen molar-refractivity contribution in [3.8, 4) is 0 Å². The van der Waals surface area contributed by atoms with Gasteiger partial charge in [0, 0.05) is 11.9 Å². The van der Waals surface area contributed by atoms with E-state index in [0.717, 1.165) is 12.3 Å². The van der Waals surface area contributed by atoms with E-state index in [1.807, 2.05) is 0 Å². The maximum absolute atomic E-state index is 13.4. The lowest BCUT2D eigenvalue weighted by molar-refractivity contribution is -0.119. The third kappa shape index (κ3) is 3.20. The Morgan fingerprint density at radius 1 is 1.38 bits per heavy atom. The maximum atomic E-state index is 13.4. The quantitative estimate of drug-likeness (QED) is 0.880. The zero-order valence-electron chi connectivity index (χ0n) is 11.4. The molecule has 0 unspecified atom stereocenters. The average Bonchev–Trinajstić information content (AvgIpc) is 2.42. The molecule has 0 saturated carbocycles. The number of sulfone groups is 1. The topological polar surface area (TPSA) is 75.3 Å². The SMILES string of the molecule is CS(=O)(=O)C1(C(=O)Nc2ccc(Cl)c(F)c2)CCNCC1. The summed E-state index contributed by atoms with van der Waals surface area (Å²) in [5, 5.41) is 5.45. The molecule has 1 heterocycles. The minimum atomic E-state index is -3.60. The first-order valence-corrected chi connectivity index (χ1v) is 8.70. The van der Waals surface area contributed by atoms with Crippen molar-refractivity contribution in [2.24, 2.45) is 0 Å². The molecular formula is C13H16ClFN2O3S. The number of benzene rings is 1. The molecule has 1 aromatic carbocycles. The minimum Gasteiger partial charge on any atom is -0.325 e. The molecule has 0 aromatic heterocycles. The lowest BCUT2D eigenvalue weighted by Crippen LogP contribution is -2.55. The van der Waals surface area contributed by atoms with Crippen molar-refractivity contribution >= 4 is 33.0 Å². The molecule has 8 heteroatoms. The summed E-state index contributed by atoms with van der Waals surface area (Å²) in [6, 6.07) is 3.81. The Morgan fingerprint density at radius 2 is 2.00 bits per heavy atom. The molecule has 5 nitrogen and oxygen atoms in total. The predicted molar refractivity (Wildman–Crippen MR) is 79.7 cm³/mol. The fraction of sp³-hybridized carbons (Fsp3) is 0.462. The van der Waals surface area contributed by atoms with Crippen molar-refractivity contribution in [3.05, 3.63) is 29.0 Å². The zero-order valence-corrected chi connectivity index (χ0v) is 13.0. The van der Waals surface area contributed by atoms with Gasteiger partial charge in [-0.15, -0.1) is 0 Å². The first-order valence-electron chi connectivity index (χ1n) is 6.43. The van der Waals surface area contributed by atoms with Crippen LogP contribution in [0, 0.1) is 5.82 Å². The summed E-state index contributed by atoms with van der Waals surface area (Å²) in [7, 11) is -3.60. The number of carbonyl (C=O) groups excluding carboxylic acids is 1. The highest BCUT2D eigenvalue weighted by Crippen LogP contribution is 2.30. The fourth-order valence-electron chi connectivity index (χ4n) is 2.42. The summed E-state index contributed by atoms with van der Waals surface area (Å²) in [6.07, 6.45) is 1.43. The molecule has 116 valence electrons. The van der Waals surface area contributed by atoms with Crippen molar-refractivity contribution in [3.63, 3.8) is 0 Å². The highest BCUT2D eigenvalue weighted by atomic mass is 35.5. The second-order valence-electron chi connectivity index (χ2n) is 5.10. The summed E-state index contributed by atoms with van der Waals surface area (Å²) < 4.78 is 36.1. The molecule has 1 aliphatic heterocycles. The molecule has 0 spiro atoms. The van der Waals surface area contributed by atoms with Crippen LogP contribution < -0.4 is 10.6 Å². The summed E-state index contributed by atoms with van der Waals surface area (Å²) in [6.45, 7) is 0.880. The van der Waals surface area contributed by atoms with E-state index in [1.54, 1.807) is 0 Å². The van der Waals surface area contributed by atoms with E-state index >= 15 is 0 Å². The van der Waals surface area contributed by atoms with Gasteiger partial charge in [-0.3, -0.25) is 4.79 Å². The van der Waals surface area contributed by atoms with Crippen LogP contribution in [0.4, 0.5) is 10.1 Å². The van der Waals surface area contributed by atoms with Crippen LogP contribution in [0.1, 0.15) is 12.8 Å². The Balaban J connectivity index is 2.29. The molecule has 21 heavy (non-hydrogen) atoms. The fourth-order valence-corrected chi connectivity index (χ4v) is 3.87. The van der Waals surface area contributed by atoms with Gasteiger partial charge in [0.25, 0.3) is 0 Å². The average molecular weight is 335 g/mol. The smallest absolute Gasteiger partial charge is 0.245 e. The van der Waals surface area contributed by atoms with E-state index in [0.29, 0.717) is 13.1 Å². The Labute approximate surface area is 127 Å². The van der Waals surface area contributed by atoms with Crippen LogP contribution in [0.25, 0.3) is 0 Å². The molecule has 0 atom stereocenters. The van der Waals surface area contributed by atoms with Gasteiger partial charge in [0.2, 0.25) is 5.91 Å². The van der Waals surface area contributed by atoms with Gasteiger partial charge >= 0.3 is 0 Å². The van der Waals surface area contributed by atoms with E-state index in [9.17, 15) is 17.6 Å². The van der Waals surface area contributed by atoms with Gasteiger partial charge in [-0.25, -0.2) is 12.8 Å².